The lowest BCUT2D eigenvalue weighted by Crippen LogP contribution is -2.24. The van der Waals surface area contributed by atoms with Crippen molar-refractivity contribution in [2.24, 2.45) is 11.8 Å². The van der Waals surface area contributed by atoms with Gasteiger partial charge in [-0.15, -0.1) is 0 Å². The van der Waals surface area contributed by atoms with E-state index >= 15 is 0 Å². The van der Waals surface area contributed by atoms with Crippen LogP contribution in [0.25, 0.3) is 0 Å². The summed E-state index contributed by atoms with van der Waals surface area (Å²) in [6.07, 6.45) is 7.59. The number of aromatic nitrogens is 1. The van der Waals surface area contributed by atoms with Crippen LogP contribution in [0.5, 0.6) is 11.8 Å². The van der Waals surface area contributed by atoms with Crippen molar-refractivity contribution in [3.8, 4) is 11.8 Å². The Balaban J connectivity index is 1.61. The maximum atomic E-state index is 6.00. The summed E-state index contributed by atoms with van der Waals surface area (Å²) in [6.45, 7) is 3.01. The molecule has 0 amide bonds. The molecule has 2 aliphatic rings. The molecule has 0 bridgehead atoms. The van der Waals surface area contributed by atoms with Gasteiger partial charge in [0.2, 0.25) is 11.8 Å². The molecule has 0 spiro atoms. The van der Waals surface area contributed by atoms with Crippen LogP contribution in [0.2, 0.25) is 0 Å². The van der Waals surface area contributed by atoms with Crippen LogP contribution in [0.3, 0.4) is 0 Å². The Kier molecular flexibility index (Phi) is 3.99. The Morgan fingerprint density at radius 3 is 2.85 bits per heavy atom. The van der Waals surface area contributed by atoms with Gasteiger partial charge >= 0.3 is 0 Å². The molecule has 1 aromatic rings. The van der Waals surface area contributed by atoms with E-state index in [2.05, 4.69) is 11.9 Å². The number of hydrogen-bond donors (Lipinski definition) is 1. The molecular formula is C16H24N2O2. The summed E-state index contributed by atoms with van der Waals surface area (Å²) in [5.74, 6) is 2.61. The number of pyridine rings is 1. The van der Waals surface area contributed by atoms with E-state index in [9.17, 15) is 0 Å². The van der Waals surface area contributed by atoms with Crippen LogP contribution in [0.15, 0.2) is 12.1 Å². The Morgan fingerprint density at radius 2 is 2.10 bits per heavy atom. The lowest BCUT2D eigenvalue weighted by atomic mass is 9.89. The number of hydrogen-bond acceptors (Lipinski definition) is 4. The minimum atomic E-state index is 0.283. The van der Waals surface area contributed by atoms with Crippen LogP contribution in [-0.4, -0.2) is 17.7 Å². The molecule has 1 aromatic heterocycles. The number of nitrogens with zero attached hydrogens (tertiary/aromatic N) is 1. The number of rotatable bonds is 5. The molecule has 1 heterocycles. The van der Waals surface area contributed by atoms with Crippen molar-refractivity contribution in [1.82, 2.24) is 4.98 Å². The van der Waals surface area contributed by atoms with E-state index in [0.717, 1.165) is 25.4 Å². The molecule has 4 nitrogen and oxygen atoms in total. The zero-order valence-corrected chi connectivity index (χ0v) is 12.2. The average molecular weight is 276 g/mol. The predicted molar refractivity (Wildman–Crippen MR) is 78.9 cm³/mol. The highest BCUT2D eigenvalue weighted by Crippen LogP contribution is 2.32. The molecule has 0 radical (unpaired) electrons. The second-order valence-corrected chi connectivity index (χ2v) is 6.31. The van der Waals surface area contributed by atoms with Crippen molar-refractivity contribution < 1.29 is 9.47 Å². The van der Waals surface area contributed by atoms with E-state index < -0.39 is 0 Å². The van der Waals surface area contributed by atoms with Gasteiger partial charge < -0.3 is 15.2 Å². The third-order valence-corrected chi connectivity index (χ3v) is 4.19. The third kappa shape index (κ3) is 3.56. The van der Waals surface area contributed by atoms with Crippen molar-refractivity contribution in [2.75, 3.05) is 12.3 Å². The van der Waals surface area contributed by atoms with Crippen LogP contribution < -0.4 is 15.2 Å². The monoisotopic (exact) mass is 276 g/mol. The molecule has 0 aromatic carbocycles. The maximum absolute atomic E-state index is 6.00. The van der Waals surface area contributed by atoms with Crippen molar-refractivity contribution in [3.63, 3.8) is 0 Å². The molecule has 3 rings (SSSR count). The molecule has 2 fully saturated rings. The lowest BCUT2D eigenvalue weighted by molar-refractivity contribution is 0.122. The first-order chi connectivity index (χ1) is 9.70. The van der Waals surface area contributed by atoms with Gasteiger partial charge in [0.05, 0.1) is 12.3 Å². The van der Waals surface area contributed by atoms with E-state index in [1.165, 1.54) is 25.7 Å². The van der Waals surface area contributed by atoms with Crippen LogP contribution in [0, 0.1) is 11.8 Å². The summed E-state index contributed by atoms with van der Waals surface area (Å²) in [4.78, 5) is 4.42. The summed E-state index contributed by atoms with van der Waals surface area (Å²) in [6, 6.07) is 3.68. The smallest absolute Gasteiger partial charge is 0.240 e. The quantitative estimate of drug-likeness (QED) is 0.895. The maximum Gasteiger partial charge on any atom is 0.240 e. The molecule has 2 aliphatic carbocycles. The van der Waals surface area contributed by atoms with Crippen molar-refractivity contribution in [3.05, 3.63) is 12.1 Å². The molecule has 2 N–H and O–H groups in total. The van der Waals surface area contributed by atoms with Gasteiger partial charge in [0.25, 0.3) is 0 Å². The lowest BCUT2D eigenvalue weighted by Gasteiger charge is -2.27. The SMILES string of the molecule is CC1CCCC(Oc2ccc(N)c(OCC3CC3)n2)C1. The first-order valence-electron chi connectivity index (χ1n) is 7.76. The van der Waals surface area contributed by atoms with Crippen molar-refractivity contribution >= 4 is 5.69 Å². The van der Waals surface area contributed by atoms with Gasteiger partial charge in [-0.25, -0.2) is 0 Å². The van der Waals surface area contributed by atoms with Crippen LogP contribution >= 0.6 is 0 Å². The normalized spacial score (nSPS) is 26.2. The fraction of sp³-hybridized carbons (Fsp3) is 0.688. The minimum Gasteiger partial charge on any atom is -0.476 e. The first kappa shape index (κ1) is 13.5. The highest BCUT2D eigenvalue weighted by molar-refractivity contribution is 5.49. The average Bonchev–Trinajstić information content (AvgIpc) is 3.23. The van der Waals surface area contributed by atoms with Gasteiger partial charge in [0.15, 0.2) is 0 Å². The summed E-state index contributed by atoms with van der Waals surface area (Å²) in [5, 5.41) is 0. The van der Waals surface area contributed by atoms with Gasteiger partial charge in [0, 0.05) is 6.07 Å². The molecule has 4 heteroatoms. The Bertz CT molecular complexity index is 460. The molecular weight excluding hydrogens is 252 g/mol. The van der Waals surface area contributed by atoms with Crippen LogP contribution in [-0.2, 0) is 0 Å². The molecule has 2 unspecified atom stereocenters. The first-order valence-corrected chi connectivity index (χ1v) is 7.76. The molecule has 0 aliphatic heterocycles. The summed E-state index contributed by atoms with van der Waals surface area (Å²) < 4.78 is 11.7. The molecule has 110 valence electrons. The number of nitrogen functional groups attached to an aromatic ring is 1. The van der Waals surface area contributed by atoms with Gasteiger partial charge in [-0.05, 0) is 50.0 Å². The van der Waals surface area contributed by atoms with Gasteiger partial charge in [-0.1, -0.05) is 13.3 Å². The number of nitrogens with two attached hydrogens (primary N) is 1. The van der Waals surface area contributed by atoms with Gasteiger partial charge in [0.1, 0.15) is 6.10 Å². The molecule has 0 saturated heterocycles. The second kappa shape index (κ2) is 5.90. The fourth-order valence-corrected chi connectivity index (χ4v) is 2.75. The van der Waals surface area contributed by atoms with E-state index in [-0.39, 0.29) is 6.10 Å². The number of anilines is 1. The molecule has 2 atom stereocenters. The summed E-state index contributed by atoms with van der Waals surface area (Å²) >= 11 is 0. The van der Waals surface area contributed by atoms with Crippen molar-refractivity contribution in [2.45, 2.75) is 51.6 Å². The predicted octanol–water partition coefficient (Wildman–Crippen LogP) is 3.41. The topological polar surface area (TPSA) is 57.4 Å². The zero-order chi connectivity index (χ0) is 13.9. The highest BCUT2D eigenvalue weighted by Gasteiger charge is 2.23. The van der Waals surface area contributed by atoms with E-state index in [4.69, 9.17) is 15.2 Å². The Labute approximate surface area is 120 Å². The minimum absolute atomic E-state index is 0.283. The van der Waals surface area contributed by atoms with E-state index in [1.54, 1.807) is 0 Å². The molecule has 2 saturated carbocycles. The third-order valence-electron chi connectivity index (χ3n) is 4.19. The highest BCUT2D eigenvalue weighted by atomic mass is 16.5. The van der Waals surface area contributed by atoms with Crippen LogP contribution in [0.4, 0.5) is 5.69 Å². The van der Waals surface area contributed by atoms with Crippen molar-refractivity contribution in [1.29, 1.82) is 0 Å². The summed E-state index contributed by atoms with van der Waals surface area (Å²) in [5.41, 5.74) is 6.50. The second-order valence-electron chi connectivity index (χ2n) is 6.31. The fourth-order valence-electron chi connectivity index (χ4n) is 2.75. The largest absolute Gasteiger partial charge is 0.476 e. The molecule has 20 heavy (non-hydrogen) atoms. The Hall–Kier alpha value is -1.45. The van der Waals surface area contributed by atoms with Crippen LogP contribution in [0.1, 0.15) is 45.4 Å². The van der Waals surface area contributed by atoms with Gasteiger partial charge in [-0.3, -0.25) is 0 Å². The standard InChI is InChI=1S/C16H24N2O2/c1-11-3-2-4-13(9-11)20-15-8-7-14(17)16(18-15)19-10-12-5-6-12/h7-8,11-13H,2-6,9-10,17H2,1H3. The number of ether oxygens (including phenoxy) is 2. The van der Waals surface area contributed by atoms with E-state index in [0.29, 0.717) is 23.4 Å². The van der Waals surface area contributed by atoms with E-state index in [1.807, 2.05) is 12.1 Å². The summed E-state index contributed by atoms with van der Waals surface area (Å²) in [7, 11) is 0. The Morgan fingerprint density at radius 1 is 1.25 bits per heavy atom. The van der Waals surface area contributed by atoms with Gasteiger partial charge in [-0.2, -0.15) is 4.98 Å². The zero-order valence-electron chi connectivity index (χ0n) is 12.2.